The van der Waals surface area contributed by atoms with Gasteiger partial charge in [-0.25, -0.2) is 0 Å². The van der Waals surface area contributed by atoms with Gasteiger partial charge in [0, 0.05) is 6.54 Å². The number of aryl methyl sites for hydroxylation is 1. The first-order chi connectivity index (χ1) is 11.0. The number of carbonyl (C=O) groups excluding carboxylic acids is 1. The van der Waals surface area contributed by atoms with Gasteiger partial charge in [0.1, 0.15) is 6.54 Å². The molecule has 7 heteroatoms. The Hall–Kier alpha value is -2.70. The molecule has 3 rings (SSSR count). The summed E-state index contributed by atoms with van der Waals surface area (Å²) >= 11 is 0. The molecule has 0 saturated carbocycles. The van der Waals surface area contributed by atoms with Gasteiger partial charge >= 0.3 is 5.97 Å². The van der Waals surface area contributed by atoms with Crippen LogP contribution in [0.5, 0.6) is 0 Å². The van der Waals surface area contributed by atoms with E-state index in [0.29, 0.717) is 18.1 Å². The zero-order chi connectivity index (χ0) is 16.4. The van der Waals surface area contributed by atoms with Crippen LogP contribution in [0.1, 0.15) is 17.3 Å². The molecule has 120 valence electrons. The lowest BCUT2D eigenvalue weighted by molar-refractivity contribution is -0.144. The Labute approximate surface area is 132 Å². The highest BCUT2D eigenvalue weighted by Crippen LogP contribution is 2.29. The van der Waals surface area contributed by atoms with Gasteiger partial charge in [0.15, 0.2) is 5.82 Å². The molecule has 0 aliphatic carbocycles. The van der Waals surface area contributed by atoms with E-state index in [2.05, 4.69) is 10.1 Å². The van der Waals surface area contributed by atoms with Crippen LogP contribution in [0.25, 0.3) is 0 Å². The summed E-state index contributed by atoms with van der Waals surface area (Å²) in [6.45, 7) is 2.00. The molecule has 1 aromatic heterocycles. The largest absolute Gasteiger partial charge is 0.481 e. The second-order valence-corrected chi connectivity index (χ2v) is 5.70. The SMILES string of the molecule is Cc1noc(CN2C[C@H](C(=O)O)[C@@H](Cc3ccccc3)C2=O)n1. The molecule has 1 saturated heterocycles. The number of aliphatic carboxylic acids is 1. The monoisotopic (exact) mass is 315 g/mol. The van der Waals surface area contributed by atoms with Crippen LogP contribution in [0.15, 0.2) is 34.9 Å². The lowest BCUT2D eigenvalue weighted by atomic mass is 9.89. The van der Waals surface area contributed by atoms with E-state index < -0.39 is 17.8 Å². The Kier molecular flexibility index (Phi) is 4.10. The average Bonchev–Trinajstić information content (AvgIpc) is 3.07. The maximum Gasteiger partial charge on any atom is 0.309 e. The zero-order valence-electron chi connectivity index (χ0n) is 12.7. The second-order valence-electron chi connectivity index (χ2n) is 5.70. The van der Waals surface area contributed by atoms with Crippen LogP contribution in [-0.4, -0.2) is 38.6 Å². The summed E-state index contributed by atoms with van der Waals surface area (Å²) < 4.78 is 5.02. The summed E-state index contributed by atoms with van der Waals surface area (Å²) in [6, 6.07) is 9.44. The van der Waals surface area contributed by atoms with Crippen molar-refractivity contribution in [1.29, 1.82) is 0 Å². The molecule has 1 N–H and O–H groups in total. The fraction of sp³-hybridized carbons (Fsp3) is 0.375. The Balaban J connectivity index is 1.77. The Morgan fingerprint density at radius 1 is 1.39 bits per heavy atom. The molecule has 2 heterocycles. The Morgan fingerprint density at radius 3 is 2.74 bits per heavy atom. The summed E-state index contributed by atoms with van der Waals surface area (Å²) in [5.74, 6) is -1.63. The third kappa shape index (κ3) is 3.23. The summed E-state index contributed by atoms with van der Waals surface area (Å²) in [5, 5.41) is 13.1. The number of aromatic nitrogens is 2. The van der Waals surface area contributed by atoms with Crippen LogP contribution < -0.4 is 0 Å². The standard InChI is InChI=1S/C16H17N3O4/c1-10-17-14(23-18-10)9-19-8-13(16(21)22)12(15(19)20)7-11-5-3-2-4-6-11/h2-6,12-13H,7-9H2,1H3,(H,21,22)/t12-,13+/m1/s1. The van der Waals surface area contributed by atoms with Crippen molar-refractivity contribution in [3.8, 4) is 0 Å². The molecular formula is C16H17N3O4. The Morgan fingerprint density at radius 2 is 2.13 bits per heavy atom. The number of nitrogens with zero attached hydrogens (tertiary/aromatic N) is 3. The first-order valence-corrected chi connectivity index (χ1v) is 7.39. The number of likely N-dealkylation sites (tertiary alicyclic amines) is 1. The third-order valence-electron chi connectivity index (χ3n) is 4.04. The number of carbonyl (C=O) groups is 2. The van der Waals surface area contributed by atoms with E-state index >= 15 is 0 Å². The van der Waals surface area contributed by atoms with Crippen molar-refractivity contribution in [2.24, 2.45) is 11.8 Å². The van der Waals surface area contributed by atoms with Gasteiger partial charge in [-0.1, -0.05) is 35.5 Å². The smallest absolute Gasteiger partial charge is 0.309 e. The molecule has 0 bridgehead atoms. The summed E-state index contributed by atoms with van der Waals surface area (Å²) in [5.41, 5.74) is 0.951. The van der Waals surface area contributed by atoms with Crippen LogP contribution in [0.2, 0.25) is 0 Å². The van der Waals surface area contributed by atoms with Crippen molar-refractivity contribution >= 4 is 11.9 Å². The van der Waals surface area contributed by atoms with Crippen LogP contribution in [0.4, 0.5) is 0 Å². The lowest BCUT2D eigenvalue weighted by Gasteiger charge is -2.14. The zero-order valence-corrected chi connectivity index (χ0v) is 12.7. The topological polar surface area (TPSA) is 96.5 Å². The first-order valence-electron chi connectivity index (χ1n) is 7.39. The average molecular weight is 315 g/mol. The highest BCUT2D eigenvalue weighted by molar-refractivity contribution is 5.88. The van der Waals surface area contributed by atoms with Gasteiger partial charge in [-0.05, 0) is 18.9 Å². The van der Waals surface area contributed by atoms with Crippen molar-refractivity contribution in [2.75, 3.05) is 6.54 Å². The van der Waals surface area contributed by atoms with Gasteiger partial charge in [-0.15, -0.1) is 0 Å². The van der Waals surface area contributed by atoms with Crippen molar-refractivity contribution < 1.29 is 19.2 Å². The van der Waals surface area contributed by atoms with Gasteiger partial charge in [0.2, 0.25) is 11.8 Å². The molecule has 0 spiro atoms. The molecule has 0 radical (unpaired) electrons. The van der Waals surface area contributed by atoms with Crippen LogP contribution >= 0.6 is 0 Å². The number of carboxylic acids is 1. The normalized spacial score (nSPS) is 20.9. The minimum Gasteiger partial charge on any atom is -0.481 e. The van der Waals surface area contributed by atoms with Crippen molar-refractivity contribution in [3.05, 3.63) is 47.6 Å². The molecule has 1 aliphatic rings. The van der Waals surface area contributed by atoms with E-state index in [4.69, 9.17) is 4.52 Å². The predicted octanol–water partition coefficient (Wildman–Crippen LogP) is 1.28. The number of carboxylic acid groups (broad SMARTS) is 1. The van der Waals surface area contributed by atoms with Crippen molar-refractivity contribution in [2.45, 2.75) is 19.9 Å². The molecule has 2 atom stereocenters. The second kappa shape index (κ2) is 6.20. The molecule has 7 nitrogen and oxygen atoms in total. The number of amides is 1. The molecule has 2 aromatic rings. The molecule has 1 amide bonds. The number of hydrogen-bond donors (Lipinski definition) is 1. The quantitative estimate of drug-likeness (QED) is 0.893. The van der Waals surface area contributed by atoms with Crippen molar-refractivity contribution in [3.63, 3.8) is 0 Å². The minimum atomic E-state index is -0.955. The summed E-state index contributed by atoms with van der Waals surface area (Å²) in [6.07, 6.45) is 0.413. The Bertz CT molecular complexity index is 713. The van der Waals surface area contributed by atoms with E-state index in [-0.39, 0.29) is 19.0 Å². The van der Waals surface area contributed by atoms with Gasteiger partial charge in [-0.3, -0.25) is 9.59 Å². The number of benzene rings is 1. The van der Waals surface area contributed by atoms with Gasteiger partial charge in [0.05, 0.1) is 11.8 Å². The van der Waals surface area contributed by atoms with Crippen molar-refractivity contribution in [1.82, 2.24) is 15.0 Å². The fourth-order valence-corrected chi connectivity index (χ4v) is 2.92. The van der Waals surface area contributed by atoms with E-state index in [1.165, 1.54) is 4.90 Å². The van der Waals surface area contributed by atoms with Gasteiger partial charge in [-0.2, -0.15) is 4.98 Å². The van der Waals surface area contributed by atoms with Crippen LogP contribution in [-0.2, 0) is 22.6 Å². The maximum atomic E-state index is 12.6. The van der Waals surface area contributed by atoms with E-state index in [9.17, 15) is 14.7 Å². The predicted molar refractivity (Wildman–Crippen MR) is 79.2 cm³/mol. The fourth-order valence-electron chi connectivity index (χ4n) is 2.92. The highest BCUT2D eigenvalue weighted by Gasteiger charge is 2.44. The van der Waals surface area contributed by atoms with E-state index in [1.54, 1.807) is 6.92 Å². The van der Waals surface area contributed by atoms with Crippen LogP contribution in [0, 0.1) is 18.8 Å². The van der Waals surface area contributed by atoms with Crippen LogP contribution in [0.3, 0.4) is 0 Å². The molecular weight excluding hydrogens is 298 g/mol. The van der Waals surface area contributed by atoms with Gasteiger partial charge in [0.25, 0.3) is 0 Å². The molecule has 0 unspecified atom stereocenters. The van der Waals surface area contributed by atoms with E-state index in [1.807, 2.05) is 30.3 Å². The third-order valence-corrected chi connectivity index (χ3v) is 4.04. The highest BCUT2D eigenvalue weighted by atomic mass is 16.5. The summed E-state index contributed by atoms with van der Waals surface area (Å²) in [4.78, 5) is 29.7. The maximum absolute atomic E-state index is 12.6. The molecule has 1 aliphatic heterocycles. The minimum absolute atomic E-state index is 0.148. The van der Waals surface area contributed by atoms with E-state index in [0.717, 1.165) is 5.56 Å². The number of rotatable bonds is 5. The molecule has 1 fully saturated rings. The molecule has 1 aromatic carbocycles. The first kappa shape index (κ1) is 15.2. The molecule has 23 heavy (non-hydrogen) atoms. The number of hydrogen-bond acceptors (Lipinski definition) is 5. The summed E-state index contributed by atoms with van der Waals surface area (Å²) in [7, 11) is 0. The lowest BCUT2D eigenvalue weighted by Crippen LogP contribution is -2.28. The van der Waals surface area contributed by atoms with Gasteiger partial charge < -0.3 is 14.5 Å².